The van der Waals surface area contributed by atoms with E-state index >= 15 is 0 Å². The van der Waals surface area contributed by atoms with E-state index in [-0.39, 0.29) is 13.2 Å². The summed E-state index contributed by atoms with van der Waals surface area (Å²) in [6, 6.07) is 8.02. The van der Waals surface area contributed by atoms with Gasteiger partial charge in [-0.3, -0.25) is 0 Å². The summed E-state index contributed by atoms with van der Waals surface area (Å²) in [7, 11) is 0. The number of aromatic nitrogens is 2. The molecule has 5 nitrogen and oxygen atoms in total. The molecule has 0 radical (unpaired) electrons. The number of hydrogen-bond donors (Lipinski definition) is 1. The zero-order chi connectivity index (χ0) is 13.8. The molecule has 0 atom stereocenters. The van der Waals surface area contributed by atoms with Gasteiger partial charge in [-0.05, 0) is 25.3 Å². The maximum atomic E-state index is 8.88. The molecule has 0 aliphatic carbocycles. The van der Waals surface area contributed by atoms with Gasteiger partial charge in [-0.15, -0.1) is 10.2 Å². The van der Waals surface area contributed by atoms with Gasteiger partial charge >= 0.3 is 0 Å². The van der Waals surface area contributed by atoms with Crippen LogP contribution in [0.4, 0.5) is 5.82 Å². The van der Waals surface area contributed by atoms with Crippen molar-refractivity contribution in [2.45, 2.75) is 19.3 Å². The Kier molecular flexibility index (Phi) is 3.97. The zero-order valence-electron chi connectivity index (χ0n) is 11.5. The van der Waals surface area contributed by atoms with Crippen LogP contribution < -0.4 is 9.64 Å². The number of anilines is 1. The van der Waals surface area contributed by atoms with E-state index < -0.39 is 0 Å². The van der Waals surface area contributed by atoms with E-state index in [0.717, 1.165) is 29.7 Å². The van der Waals surface area contributed by atoms with Crippen molar-refractivity contribution in [2.75, 3.05) is 31.2 Å². The molecule has 0 bridgehead atoms. The van der Waals surface area contributed by atoms with Crippen molar-refractivity contribution in [2.24, 2.45) is 0 Å². The van der Waals surface area contributed by atoms with E-state index in [0.29, 0.717) is 5.88 Å². The monoisotopic (exact) mass is 273 g/mol. The minimum Gasteiger partial charge on any atom is -0.474 e. The molecule has 5 heteroatoms. The predicted molar refractivity (Wildman–Crippen MR) is 78.2 cm³/mol. The third-order valence-corrected chi connectivity index (χ3v) is 3.62. The van der Waals surface area contributed by atoms with Gasteiger partial charge in [0.2, 0.25) is 5.88 Å². The molecule has 1 saturated heterocycles. The number of piperidine rings is 1. The molecule has 0 amide bonds. The Morgan fingerprint density at radius 3 is 2.55 bits per heavy atom. The second-order valence-electron chi connectivity index (χ2n) is 4.99. The van der Waals surface area contributed by atoms with Crippen molar-refractivity contribution in [3.63, 3.8) is 0 Å². The fourth-order valence-corrected chi connectivity index (χ4v) is 2.65. The number of hydrogen-bond acceptors (Lipinski definition) is 5. The summed E-state index contributed by atoms with van der Waals surface area (Å²) >= 11 is 0. The molecule has 1 aliphatic heterocycles. The average molecular weight is 273 g/mol. The van der Waals surface area contributed by atoms with Crippen LogP contribution in [-0.2, 0) is 0 Å². The van der Waals surface area contributed by atoms with Gasteiger partial charge in [0.25, 0.3) is 0 Å². The van der Waals surface area contributed by atoms with Gasteiger partial charge in [0, 0.05) is 23.9 Å². The molecule has 1 aromatic carbocycles. The van der Waals surface area contributed by atoms with Crippen molar-refractivity contribution >= 4 is 16.6 Å². The summed E-state index contributed by atoms with van der Waals surface area (Å²) in [5.74, 6) is 1.44. The highest BCUT2D eigenvalue weighted by molar-refractivity contribution is 5.95. The second kappa shape index (κ2) is 6.05. The number of benzene rings is 1. The summed E-state index contributed by atoms with van der Waals surface area (Å²) in [5, 5.41) is 19.4. The minimum atomic E-state index is -0.0239. The molecule has 106 valence electrons. The molecule has 3 rings (SSSR count). The van der Waals surface area contributed by atoms with E-state index in [1.54, 1.807) is 0 Å². The largest absolute Gasteiger partial charge is 0.474 e. The molecule has 1 fully saturated rings. The van der Waals surface area contributed by atoms with E-state index in [9.17, 15) is 0 Å². The lowest BCUT2D eigenvalue weighted by atomic mass is 10.1. The van der Waals surface area contributed by atoms with Crippen LogP contribution in [0.25, 0.3) is 10.8 Å². The molecule has 1 aromatic heterocycles. The highest BCUT2D eigenvalue weighted by Gasteiger charge is 2.17. The van der Waals surface area contributed by atoms with Crippen molar-refractivity contribution in [3.05, 3.63) is 24.3 Å². The van der Waals surface area contributed by atoms with Crippen molar-refractivity contribution in [1.29, 1.82) is 0 Å². The van der Waals surface area contributed by atoms with Gasteiger partial charge in [-0.2, -0.15) is 0 Å². The first-order valence-electron chi connectivity index (χ1n) is 7.14. The zero-order valence-corrected chi connectivity index (χ0v) is 11.5. The average Bonchev–Trinajstić information content (AvgIpc) is 2.53. The SMILES string of the molecule is OCCOc1nnc(N2CCCCC2)c2ccccc12. The first-order chi connectivity index (χ1) is 9.90. The van der Waals surface area contributed by atoms with Crippen LogP contribution in [-0.4, -0.2) is 41.6 Å². The van der Waals surface area contributed by atoms with Gasteiger partial charge < -0.3 is 14.7 Å². The highest BCUT2D eigenvalue weighted by Crippen LogP contribution is 2.30. The summed E-state index contributed by atoms with van der Waals surface area (Å²) in [5.41, 5.74) is 0. The number of nitrogens with zero attached hydrogens (tertiary/aromatic N) is 3. The van der Waals surface area contributed by atoms with Crippen LogP contribution in [0.5, 0.6) is 5.88 Å². The van der Waals surface area contributed by atoms with Crippen LogP contribution in [0.15, 0.2) is 24.3 Å². The molecule has 1 N–H and O–H groups in total. The lowest BCUT2D eigenvalue weighted by Gasteiger charge is -2.28. The topological polar surface area (TPSA) is 58.5 Å². The van der Waals surface area contributed by atoms with Gasteiger partial charge in [-0.25, -0.2) is 0 Å². The van der Waals surface area contributed by atoms with Gasteiger partial charge in [0.1, 0.15) is 6.61 Å². The first-order valence-corrected chi connectivity index (χ1v) is 7.14. The summed E-state index contributed by atoms with van der Waals surface area (Å²) in [6.07, 6.45) is 3.71. The number of aliphatic hydroxyl groups is 1. The Hall–Kier alpha value is -1.88. The van der Waals surface area contributed by atoms with Gasteiger partial charge in [0.15, 0.2) is 5.82 Å². The predicted octanol–water partition coefficient (Wildman–Crippen LogP) is 1.99. The quantitative estimate of drug-likeness (QED) is 0.923. The molecule has 20 heavy (non-hydrogen) atoms. The Morgan fingerprint density at radius 2 is 1.80 bits per heavy atom. The number of ether oxygens (including phenoxy) is 1. The van der Waals surface area contributed by atoms with Gasteiger partial charge in [0.05, 0.1) is 6.61 Å². The molecule has 0 unspecified atom stereocenters. The fourth-order valence-electron chi connectivity index (χ4n) is 2.65. The molecular formula is C15H19N3O2. The Morgan fingerprint density at radius 1 is 1.05 bits per heavy atom. The van der Waals surface area contributed by atoms with Crippen LogP contribution >= 0.6 is 0 Å². The Balaban J connectivity index is 2.01. The molecule has 0 spiro atoms. The van der Waals surface area contributed by atoms with Crippen molar-refractivity contribution < 1.29 is 9.84 Å². The Labute approximate surface area is 118 Å². The molecule has 1 aliphatic rings. The molecule has 2 heterocycles. The highest BCUT2D eigenvalue weighted by atomic mass is 16.5. The van der Waals surface area contributed by atoms with E-state index in [4.69, 9.17) is 9.84 Å². The molecule has 2 aromatic rings. The number of aliphatic hydroxyl groups excluding tert-OH is 1. The Bertz CT molecular complexity index is 582. The van der Waals surface area contributed by atoms with E-state index in [1.807, 2.05) is 18.2 Å². The van der Waals surface area contributed by atoms with Crippen molar-refractivity contribution in [1.82, 2.24) is 10.2 Å². The van der Waals surface area contributed by atoms with E-state index in [2.05, 4.69) is 21.2 Å². The number of rotatable bonds is 4. The van der Waals surface area contributed by atoms with Crippen LogP contribution in [0, 0.1) is 0 Å². The third-order valence-electron chi connectivity index (χ3n) is 3.62. The third kappa shape index (κ3) is 2.54. The lowest BCUT2D eigenvalue weighted by Crippen LogP contribution is -2.30. The lowest BCUT2D eigenvalue weighted by molar-refractivity contribution is 0.197. The first kappa shape index (κ1) is 13.1. The minimum absolute atomic E-state index is 0.0239. The smallest absolute Gasteiger partial charge is 0.241 e. The van der Waals surface area contributed by atoms with E-state index in [1.165, 1.54) is 19.3 Å². The normalized spacial score (nSPS) is 15.6. The van der Waals surface area contributed by atoms with Gasteiger partial charge in [-0.1, -0.05) is 18.2 Å². The summed E-state index contributed by atoms with van der Waals surface area (Å²) < 4.78 is 5.47. The summed E-state index contributed by atoms with van der Waals surface area (Å²) in [6.45, 7) is 2.29. The second-order valence-corrected chi connectivity index (χ2v) is 4.99. The number of fused-ring (bicyclic) bond motifs is 1. The van der Waals surface area contributed by atoms with Crippen LogP contribution in [0.2, 0.25) is 0 Å². The summed E-state index contributed by atoms with van der Waals surface area (Å²) in [4.78, 5) is 2.30. The maximum absolute atomic E-state index is 8.88. The van der Waals surface area contributed by atoms with Crippen molar-refractivity contribution in [3.8, 4) is 5.88 Å². The fraction of sp³-hybridized carbons (Fsp3) is 0.467. The molecule has 0 saturated carbocycles. The maximum Gasteiger partial charge on any atom is 0.241 e. The van der Waals surface area contributed by atoms with Crippen LogP contribution in [0.1, 0.15) is 19.3 Å². The van der Waals surface area contributed by atoms with Crippen LogP contribution in [0.3, 0.4) is 0 Å². The standard InChI is InChI=1S/C15H19N3O2/c19-10-11-20-15-13-7-3-2-6-12(13)14(16-17-15)18-8-4-1-5-9-18/h2-3,6-7,19H,1,4-5,8-11H2. The molecular weight excluding hydrogens is 254 g/mol.